The highest BCUT2D eigenvalue weighted by Gasteiger charge is 2.06. The molecule has 18 heavy (non-hydrogen) atoms. The molecule has 0 saturated carbocycles. The Kier molecular flexibility index (Phi) is 6.15. The number of hydrogen-bond acceptors (Lipinski definition) is 3. The van der Waals surface area contributed by atoms with E-state index in [0.29, 0.717) is 31.1 Å². The highest BCUT2D eigenvalue weighted by molar-refractivity contribution is 5.96. The van der Waals surface area contributed by atoms with Gasteiger partial charge in [-0.3, -0.25) is 4.79 Å². The lowest BCUT2D eigenvalue weighted by atomic mass is 10.1. The van der Waals surface area contributed by atoms with Crippen molar-refractivity contribution in [1.29, 1.82) is 0 Å². The summed E-state index contributed by atoms with van der Waals surface area (Å²) < 4.78 is 10.9. The maximum atomic E-state index is 11.4. The van der Waals surface area contributed by atoms with Gasteiger partial charge in [-0.1, -0.05) is 17.7 Å². The van der Waals surface area contributed by atoms with Crippen molar-refractivity contribution in [1.82, 2.24) is 0 Å². The van der Waals surface area contributed by atoms with Crippen LogP contribution in [0.3, 0.4) is 0 Å². The van der Waals surface area contributed by atoms with Crippen molar-refractivity contribution in [2.45, 2.75) is 20.3 Å². The van der Waals surface area contributed by atoms with Crippen LogP contribution in [0.5, 0.6) is 5.75 Å². The van der Waals surface area contributed by atoms with Gasteiger partial charge >= 0.3 is 0 Å². The summed E-state index contributed by atoms with van der Waals surface area (Å²) in [5.41, 5.74) is 1.72. The predicted octanol–water partition coefficient (Wildman–Crippen LogP) is 3.25. The molecule has 98 valence electrons. The molecule has 3 heteroatoms. The van der Waals surface area contributed by atoms with E-state index < -0.39 is 0 Å². The van der Waals surface area contributed by atoms with E-state index in [1.54, 1.807) is 12.1 Å². The number of hydrogen-bond donors (Lipinski definition) is 0. The van der Waals surface area contributed by atoms with Crippen LogP contribution in [0.15, 0.2) is 36.4 Å². The number of carbonyl (C=O) groups is 1. The van der Waals surface area contributed by atoms with Gasteiger partial charge in [0.15, 0.2) is 5.78 Å². The molecule has 0 bridgehead atoms. The lowest BCUT2D eigenvalue weighted by Crippen LogP contribution is -2.09. The number of ether oxygens (including phenoxy) is 2. The molecule has 0 aliphatic rings. The molecule has 0 aliphatic heterocycles. The van der Waals surface area contributed by atoms with Crippen LogP contribution in [-0.2, 0) is 4.74 Å². The number of benzene rings is 1. The Balaban J connectivity index is 2.31. The molecule has 0 N–H and O–H groups in total. The number of rotatable bonds is 8. The number of Topliss-reactive ketones (excluding diaryl/α,β-unsaturated/α-hetero) is 1. The third kappa shape index (κ3) is 5.15. The van der Waals surface area contributed by atoms with Gasteiger partial charge in [-0.2, -0.15) is 0 Å². The van der Waals surface area contributed by atoms with Crippen LogP contribution in [0.2, 0.25) is 0 Å². The highest BCUT2D eigenvalue weighted by atomic mass is 16.5. The van der Waals surface area contributed by atoms with Crippen molar-refractivity contribution < 1.29 is 14.3 Å². The molecule has 0 unspecified atom stereocenters. The maximum Gasteiger partial charge on any atom is 0.163 e. The quantitative estimate of drug-likeness (QED) is 0.402. The van der Waals surface area contributed by atoms with E-state index in [4.69, 9.17) is 9.47 Å². The van der Waals surface area contributed by atoms with Crippen LogP contribution < -0.4 is 4.74 Å². The van der Waals surface area contributed by atoms with Crippen LogP contribution in [0.1, 0.15) is 30.6 Å². The van der Waals surface area contributed by atoms with Crippen molar-refractivity contribution in [3.63, 3.8) is 0 Å². The smallest absolute Gasteiger partial charge is 0.163 e. The monoisotopic (exact) mass is 248 g/mol. The third-order valence-electron chi connectivity index (χ3n) is 2.42. The standard InChI is InChI=1S/C15H20O3/c1-12(2)8-9-17-10-11-18-15-7-5-4-6-14(15)13(3)16/h4-7H,1,8-11H2,2-3H3. The summed E-state index contributed by atoms with van der Waals surface area (Å²) in [7, 11) is 0. The summed E-state index contributed by atoms with van der Waals surface area (Å²) in [6, 6.07) is 7.24. The molecule has 0 atom stereocenters. The molecule has 0 spiro atoms. The Morgan fingerprint density at radius 3 is 2.56 bits per heavy atom. The number of para-hydroxylation sites is 1. The van der Waals surface area contributed by atoms with Crippen LogP contribution in [0.4, 0.5) is 0 Å². The van der Waals surface area contributed by atoms with Crippen molar-refractivity contribution in [2.24, 2.45) is 0 Å². The topological polar surface area (TPSA) is 35.5 Å². The fourth-order valence-electron chi connectivity index (χ4n) is 1.44. The lowest BCUT2D eigenvalue weighted by molar-refractivity contribution is 0.0970. The molecule has 0 radical (unpaired) electrons. The van der Waals surface area contributed by atoms with Crippen LogP contribution in [-0.4, -0.2) is 25.6 Å². The second kappa shape index (κ2) is 7.67. The van der Waals surface area contributed by atoms with E-state index in [-0.39, 0.29) is 5.78 Å². The Morgan fingerprint density at radius 1 is 1.17 bits per heavy atom. The lowest BCUT2D eigenvalue weighted by Gasteiger charge is -2.09. The fourth-order valence-corrected chi connectivity index (χ4v) is 1.44. The van der Waals surface area contributed by atoms with Gasteiger partial charge in [0.1, 0.15) is 12.4 Å². The van der Waals surface area contributed by atoms with Gasteiger partial charge in [0.05, 0.1) is 18.8 Å². The molecule has 1 aromatic rings. The Hall–Kier alpha value is -1.61. The molecule has 0 heterocycles. The predicted molar refractivity (Wildman–Crippen MR) is 72.2 cm³/mol. The van der Waals surface area contributed by atoms with E-state index in [1.165, 1.54) is 6.92 Å². The zero-order valence-electron chi connectivity index (χ0n) is 11.1. The van der Waals surface area contributed by atoms with Gasteiger partial charge in [-0.05, 0) is 32.4 Å². The Morgan fingerprint density at radius 2 is 1.89 bits per heavy atom. The van der Waals surface area contributed by atoms with Gasteiger partial charge in [0, 0.05) is 0 Å². The van der Waals surface area contributed by atoms with Crippen LogP contribution >= 0.6 is 0 Å². The Labute approximate surface area is 108 Å². The van der Waals surface area contributed by atoms with Crippen molar-refractivity contribution in [3.05, 3.63) is 42.0 Å². The van der Waals surface area contributed by atoms with Gasteiger partial charge in [-0.25, -0.2) is 0 Å². The van der Waals surface area contributed by atoms with E-state index in [2.05, 4.69) is 6.58 Å². The van der Waals surface area contributed by atoms with Crippen LogP contribution in [0.25, 0.3) is 0 Å². The molecule has 1 rings (SSSR count). The summed E-state index contributed by atoms with van der Waals surface area (Å²) in [4.78, 5) is 11.4. The average Bonchev–Trinajstić information content (AvgIpc) is 2.33. The zero-order valence-corrected chi connectivity index (χ0v) is 11.1. The first-order valence-electron chi connectivity index (χ1n) is 6.06. The molecule has 0 aliphatic carbocycles. The average molecular weight is 248 g/mol. The minimum absolute atomic E-state index is 0.00815. The first-order valence-corrected chi connectivity index (χ1v) is 6.06. The van der Waals surface area contributed by atoms with E-state index in [9.17, 15) is 4.79 Å². The summed E-state index contributed by atoms with van der Waals surface area (Å²) in [5, 5.41) is 0. The van der Waals surface area contributed by atoms with E-state index >= 15 is 0 Å². The number of carbonyl (C=O) groups excluding carboxylic acids is 1. The molecule has 0 fully saturated rings. The van der Waals surface area contributed by atoms with Gasteiger partial charge in [0.2, 0.25) is 0 Å². The van der Waals surface area contributed by atoms with Crippen LogP contribution in [0, 0.1) is 0 Å². The maximum absolute atomic E-state index is 11.4. The number of ketones is 1. The molecule has 0 amide bonds. The molecular weight excluding hydrogens is 228 g/mol. The first kappa shape index (κ1) is 14.5. The summed E-state index contributed by atoms with van der Waals surface area (Å²) in [5.74, 6) is 0.627. The Bertz CT molecular complexity index is 410. The fraction of sp³-hybridized carbons (Fsp3) is 0.400. The molecular formula is C15H20O3. The molecule has 0 saturated heterocycles. The van der Waals surface area contributed by atoms with Crippen molar-refractivity contribution >= 4 is 5.78 Å². The van der Waals surface area contributed by atoms with Gasteiger partial charge in [-0.15, -0.1) is 6.58 Å². The zero-order chi connectivity index (χ0) is 13.4. The van der Waals surface area contributed by atoms with E-state index in [1.807, 2.05) is 19.1 Å². The SMILES string of the molecule is C=C(C)CCOCCOc1ccccc1C(C)=O. The van der Waals surface area contributed by atoms with Crippen molar-refractivity contribution in [2.75, 3.05) is 19.8 Å². The summed E-state index contributed by atoms with van der Waals surface area (Å²) in [6.07, 6.45) is 0.865. The summed E-state index contributed by atoms with van der Waals surface area (Å²) in [6.45, 7) is 8.93. The molecule has 0 aromatic heterocycles. The first-order chi connectivity index (χ1) is 8.61. The third-order valence-corrected chi connectivity index (χ3v) is 2.42. The second-order valence-corrected chi connectivity index (χ2v) is 4.22. The normalized spacial score (nSPS) is 10.1. The summed E-state index contributed by atoms with van der Waals surface area (Å²) >= 11 is 0. The minimum atomic E-state index is 0.00815. The van der Waals surface area contributed by atoms with Crippen molar-refractivity contribution in [3.8, 4) is 5.75 Å². The second-order valence-electron chi connectivity index (χ2n) is 4.22. The van der Waals surface area contributed by atoms with E-state index in [0.717, 1.165) is 12.0 Å². The van der Waals surface area contributed by atoms with Gasteiger partial charge < -0.3 is 9.47 Å². The molecule has 1 aromatic carbocycles. The largest absolute Gasteiger partial charge is 0.490 e. The van der Waals surface area contributed by atoms with Gasteiger partial charge in [0.25, 0.3) is 0 Å². The highest BCUT2D eigenvalue weighted by Crippen LogP contribution is 2.18. The minimum Gasteiger partial charge on any atom is -0.490 e. The molecule has 3 nitrogen and oxygen atoms in total.